The van der Waals surface area contributed by atoms with Gasteiger partial charge >= 0.3 is 30.6 Å². The molecule has 370 valence electrons. The molecular formula is C43H47F9N8O8. The van der Waals surface area contributed by atoms with Crippen LogP contribution in [0.5, 0.6) is 0 Å². The third-order valence-electron chi connectivity index (χ3n) is 11.3. The summed E-state index contributed by atoms with van der Waals surface area (Å²) in [6, 6.07) is 12.1. The highest BCUT2D eigenvalue weighted by atomic mass is 19.4. The molecule has 2 N–H and O–H groups in total. The second kappa shape index (κ2) is 20.3. The van der Waals surface area contributed by atoms with Crippen molar-refractivity contribution in [3.63, 3.8) is 0 Å². The largest absolute Gasteiger partial charge is 0.490 e. The lowest BCUT2D eigenvalue weighted by Crippen LogP contribution is -2.81. The number of carbonyl (C=O) groups excluding carboxylic acids is 5. The Labute approximate surface area is 383 Å². The van der Waals surface area contributed by atoms with Crippen LogP contribution in [-0.2, 0) is 54.2 Å². The number of benzene rings is 2. The van der Waals surface area contributed by atoms with Gasteiger partial charge in [-0.2, -0.15) is 50.0 Å². The summed E-state index contributed by atoms with van der Waals surface area (Å²) < 4.78 is 114. The number of hydrogen-bond donors (Lipinski definition) is 2. The summed E-state index contributed by atoms with van der Waals surface area (Å²) in [7, 11) is 0. The van der Waals surface area contributed by atoms with E-state index in [4.69, 9.17) is 25.2 Å². The van der Waals surface area contributed by atoms with Crippen LogP contribution in [0.15, 0.2) is 48.5 Å². The number of nitriles is 2. The van der Waals surface area contributed by atoms with Gasteiger partial charge in [0.1, 0.15) is 24.2 Å². The molecule has 4 fully saturated rings. The first-order valence-electron chi connectivity index (χ1n) is 20.6. The Balaban J connectivity index is 0.000000265. The Hall–Kier alpha value is -6.63. The van der Waals surface area contributed by atoms with Crippen LogP contribution in [0.3, 0.4) is 0 Å². The maximum absolute atomic E-state index is 13.5. The van der Waals surface area contributed by atoms with Crippen LogP contribution in [0.1, 0.15) is 69.7 Å². The maximum Gasteiger partial charge on any atom is 0.490 e. The van der Waals surface area contributed by atoms with Gasteiger partial charge in [0.2, 0.25) is 11.8 Å². The molecule has 2 aromatic rings. The maximum atomic E-state index is 13.5. The molecule has 0 aromatic heterocycles. The fourth-order valence-electron chi connectivity index (χ4n) is 7.54. The molecule has 2 unspecified atom stereocenters. The van der Waals surface area contributed by atoms with Crippen LogP contribution in [0.2, 0.25) is 0 Å². The molecule has 0 saturated carbocycles. The van der Waals surface area contributed by atoms with Gasteiger partial charge in [-0.25, -0.2) is 9.59 Å². The predicted molar refractivity (Wildman–Crippen MR) is 217 cm³/mol. The van der Waals surface area contributed by atoms with Gasteiger partial charge in [-0.3, -0.25) is 19.2 Å². The molecule has 4 saturated heterocycles. The van der Waals surface area contributed by atoms with E-state index in [1.165, 1.54) is 48.8 Å². The summed E-state index contributed by atoms with van der Waals surface area (Å²) in [5.41, 5.74) is -3.80. The molecular weight excluding hydrogens is 928 g/mol. The van der Waals surface area contributed by atoms with Gasteiger partial charge in [-0.15, -0.1) is 0 Å². The Morgan fingerprint density at radius 1 is 0.691 bits per heavy atom. The topological polar surface area (TPSA) is 208 Å². The van der Waals surface area contributed by atoms with Crippen molar-refractivity contribution in [2.75, 3.05) is 39.3 Å². The van der Waals surface area contributed by atoms with Crippen LogP contribution < -0.4 is 5.32 Å². The Morgan fingerprint density at radius 2 is 1.04 bits per heavy atom. The summed E-state index contributed by atoms with van der Waals surface area (Å²) in [6.07, 6.45) is -14.5. The third kappa shape index (κ3) is 12.3. The SMILES string of the molecule is CC(CC#N)N1CC(=O)N(Cc2ccc(C(F)(F)F)cc2)C2(CN(C(=O)OC(C)(C)C)C2)C1=O.CC(CC#N)N1CC(=O)N(Cc2ccc(C(F)(F)F)cc2)C2(CNC2)C1=O.O=C(O)C(F)(F)F. The summed E-state index contributed by atoms with van der Waals surface area (Å²) in [5.74, 6) is -4.07. The summed E-state index contributed by atoms with van der Waals surface area (Å²) in [4.78, 5) is 80.7. The number of hydrogen-bond acceptors (Lipinski definition) is 10. The van der Waals surface area contributed by atoms with E-state index >= 15 is 0 Å². The van der Waals surface area contributed by atoms with Gasteiger partial charge in [0.05, 0.1) is 49.2 Å². The van der Waals surface area contributed by atoms with Gasteiger partial charge in [0.25, 0.3) is 11.8 Å². The molecule has 16 nitrogen and oxygen atoms in total. The molecule has 2 aromatic carbocycles. The van der Waals surface area contributed by atoms with Crippen molar-refractivity contribution in [1.29, 1.82) is 10.5 Å². The Kier molecular flexibility index (Phi) is 16.1. The number of alkyl halides is 9. The number of nitrogens with one attached hydrogen (secondary N) is 1. The molecule has 68 heavy (non-hydrogen) atoms. The number of carbonyl (C=O) groups is 6. The highest BCUT2D eigenvalue weighted by molar-refractivity contribution is 6.01. The zero-order valence-electron chi connectivity index (χ0n) is 37.2. The van der Waals surface area contributed by atoms with Crippen LogP contribution in [0.4, 0.5) is 44.3 Å². The number of carboxylic acid groups (broad SMARTS) is 1. The van der Waals surface area contributed by atoms with Crippen LogP contribution in [-0.4, -0.2) is 140 Å². The second-order valence-corrected chi connectivity index (χ2v) is 17.4. The van der Waals surface area contributed by atoms with Crippen molar-refractivity contribution in [3.05, 3.63) is 70.8 Å². The highest BCUT2D eigenvalue weighted by Gasteiger charge is 2.62. The molecule has 0 bridgehead atoms. The first-order chi connectivity index (χ1) is 31.3. The predicted octanol–water partition coefficient (Wildman–Crippen LogP) is 5.32. The van der Waals surface area contributed by atoms with E-state index in [2.05, 4.69) is 5.32 Å². The molecule has 4 aliphatic heterocycles. The van der Waals surface area contributed by atoms with Gasteiger partial charge in [-0.05, 0) is 70.0 Å². The minimum atomic E-state index is -5.08. The lowest BCUT2D eigenvalue weighted by Gasteiger charge is -2.58. The van der Waals surface area contributed by atoms with E-state index in [0.29, 0.717) is 11.1 Å². The van der Waals surface area contributed by atoms with E-state index in [0.717, 1.165) is 24.3 Å². The van der Waals surface area contributed by atoms with E-state index < -0.39 is 76.3 Å². The van der Waals surface area contributed by atoms with Gasteiger partial charge in [-0.1, -0.05) is 24.3 Å². The quantitative estimate of drug-likeness (QED) is 0.324. The summed E-state index contributed by atoms with van der Waals surface area (Å²) in [6.45, 7) is 8.44. The molecule has 6 rings (SSSR count). The summed E-state index contributed by atoms with van der Waals surface area (Å²) in [5, 5.41) is 28.0. The standard InChI is InChI=1S/C23H27F3N4O4.C18H19F3N4O2.C2HF3O2/c1-15(9-10-27)29-12-18(31)30(11-16-5-7-17(8-6-16)23(24,25)26)22(19(29)32)13-28(14-22)20(33)34-21(2,3)4;1-12(6-7-22)24-9-15(26)25(17(16(24)27)10-23-11-17)8-13-2-4-14(5-3-13)18(19,20)21;3-2(4,5)1(6)7/h5-8,15H,9,11-14H2,1-4H3;2-5,12,23H,6,8-11H2,1H3;(H,6,7). The average molecular weight is 975 g/mol. The number of rotatable bonds is 8. The number of ether oxygens (including phenoxy) is 1. The van der Waals surface area contributed by atoms with Crippen molar-refractivity contribution in [2.24, 2.45) is 0 Å². The Morgan fingerprint density at radius 3 is 1.34 bits per heavy atom. The molecule has 5 amide bonds. The monoisotopic (exact) mass is 974 g/mol. The van der Waals surface area contributed by atoms with Gasteiger partial charge in [0.15, 0.2) is 5.54 Å². The molecule has 4 heterocycles. The lowest BCUT2D eigenvalue weighted by molar-refractivity contribution is -0.192. The summed E-state index contributed by atoms with van der Waals surface area (Å²) >= 11 is 0. The van der Waals surface area contributed by atoms with E-state index in [9.17, 15) is 63.5 Å². The van der Waals surface area contributed by atoms with Crippen molar-refractivity contribution < 1.29 is 78.1 Å². The first kappa shape index (κ1) is 54.0. The molecule has 0 aliphatic carbocycles. The van der Waals surface area contributed by atoms with Crippen molar-refractivity contribution in [2.45, 2.75) is 108 Å². The zero-order valence-corrected chi connectivity index (χ0v) is 37.2. The number of likely N-dealkylation sites (tertiary alicyclic amines) is 1. The number of aliphatic carboxylic acids is 1. The third-order valence-corrected chi connectivity index (χ3v) is 11.3. The number of amides is 5. The lowest BCUT2D eigenvalue weighted by atomic mass is 9.83. The fraction of sp³-hybridized carbons (Fsp3) is 0.535. The van der Waals surface area contributed by atoms with E-state index in [1.807, 2.05) is 12.1 Å². The van der Waals surface area contributed by atoms with E-state index in [1.54, 1.807) is 34.6 Å². The minimum Gasteiger partial charge on any atom is -0.475 e. The van der Waals surface area contributed by atoms with Gasteiger partial charge < -0.3 is 39.7 Å². The average Bonchev–Trinajstić information content (AvgIpc) is 3.18. The van der Waals surface area contributed by atoms with Crippen molar-refractivity contribution in [1.82, 2.24) is 29.8 Å². The smallest absolute Gasteiger partial charge is 0.475 e. The number of piperazine rings is 2. The molecule has 25 heteroatoms. The van der Waals surface area contributed by atoms with Crippen LogP contribution in [0.25, 0.3) is 0 Å². The Bertz CT molecular complexity index is 2290. The minimum absolute atomic E-state index is 0.0315. The fourth-order valence-corrected chi connectivity index (χ4v) is 7.54. The molecule has 4 aliphatic rings. The zero-order chi connectivity index (χ0) is 51.4. The van der Waals surface area contributed by atoms with Crippen molar-refractivity contribution in [3.8, 4) is 12.1 Å². The van der Waals surface area contributed by atoms with Crippen molar-refractivity contribution >= 4 is 35.7 Å². The molecule has 2 spiro atoms. The highest BCUT2D eigenvalue weighted by Crippen LogP contribution is 2.38. The second-order valence-electron chi connectivity index (χ2n) is 17.4. The first-order valence-corrected chi connectivity index (χ1v) is 20.6. The number of nitrogens with zero attached hydrogens (tertiary/aromatic N) is 7. The number of halogens is 9. The number of carboxylic acids is 1. The molecule has 2 atom stereocenters. The van der Waals surface area contributed by atoms with Crippen LogP contribution in [0, 0.1) is 22.7 Å². The van der Waals surface area contributed by atoms with Crippen LogP contribution >= 0.6 is 0 Å². The van der Waals surface area contributed by atoms with Gasteiger partial charge in [0, 0.05) is 38.3 Å². The normalized spacial score (nSPS) is 18.8. The van der Waals surface area contributed by atoms with E-state index in [-0.39, 0.29) is 83.1 Å². The molecule has 0 radical (unpaired) electrons.